The highest BCUT2D eigenvalue weighted by Gasteiger charge is 2.02. The molecule has 1 N–H and O–H groups in total. The quantitative estimate of drug-likeness (QED) is 0.918. The molecule has 6 heteroatoms. The monoisotopic (exact) mass is 304 g/mol. The molecule has 0 aliphatic rings. The zero-order valence-electron chi connectivity index (χ0n) is 9.85. The minimum absolute atomic E-state index is 0. The van der Waals surface area contributed by atoms with Gasteiger partial charge < -0.3 is 10.1 Å². The lowest BCUT2D eigenvalue weighted by Crippen LogP contribution is -2.05. The zero-order chi connectivity index (χ0) is 12.1. The standard InChI is InChI=1S/C12H13ClN2OS.ClH/c1-14-6-12-15-10(8-17-12)7-16-11-4-2-9(13)3-5-11;/h2-5,8,14H,6-7H2,1H3;1H. The summed E-state index contributed by atoms with van der Waals surface area (Å²) < 4.78 is 5.60. The molecule has 0 atom stereocenters. The number of nitrogens with zero attached hydrogens (tertiary/aromatic N) is 1. The molecule has 0 bridgehead atoms. The van der Waals surface area contributed by atoms with E-state index in [0.29, 0.717) is 11.6 Å². The second-order valence-corrected chi connectivity index (χ2v) is 4.88. The van der Waals surface area contributed by atoms with Gasteiger partial charge >= 0.3 is 0 Å². The number of hydrogen-bond donors (Lipinski definition) is 1. The number of nitrogens with one attached hydrogen (secondary N) is 1. The Kier molecular flexibility index (Phi) is 6.43. The minimum atomic E-state index is 0. The van der Waals surface area contributed by atoms with Crippen LogP contribution in [0.3, 0.4) is 0 Å². The molecule has 0 saturated carbocycles. The summed E-state index contributed by atoms with van der Waals surface area (Å²) in [6.45, 7) is 1.29. The molecule has 0 aliphatic heterocycles. The van der Waals surface area contributed by atoms with Crippen LogP contribution in [0.2, 0.25) is 5.02 Å². The van der Waals surface area contributed by atoms with Gasteiger partial charge in [-0.3, -0.25) is 0 Å². The molecule has 0 fully saturated rings. The number of rotatable bonds is 5. The van der Waals surface area contributed by atoms with Crippen LogP contribution >= 0.6 is 35.3 Å². The van der Waals surface area contributed by atoms with E-state index in [4.69, 9.17) is 16.3 Å². The van der Waals surface area contributed by atoms with Crippen molar-refractivity contribution in [1.82, 2.24) is 10.3 Å². The van der Waals surface area contributed by atoms with Crippen molar-refractivity contribution in [3.63, 3.8) is 0 Å². The first kappa shape index (κ1) is 15.2. The van der Waals surface area contributed by atoms with E-state index in [-0.39, 0.29) is 12.4 Å². The maximum absolute atomic E-state index is 5.79. The third kappa shape index (κ3) is 4.46. The van der Waals surface area contributed by atoms with Crippen molar-refractivity contribution < 1.29 is 4.74 Å². The SMILES string of the molecule is CNCc1nc(COc2ccc(Cl)cc2)cs1.Cl. The van der Waals surface area contributed by atoms with Crippen LogP contribution in [0, 0.1) is 0 Å². The molecule has 18 heavy (non-hydrogen) atoms. The summed E-state index contributed by atoms with van der Waals surface area (Å²) in [5, 5.41) is 6.87. The molecule has 0 amide bonds. The van der Waals surface area contributed by atoms with Crippen LogP contribution in [0.5, 0.6) is 5.75 Å². The van der Waals surface area contributed by atoms with E-state index in [1.807, 2.05) is 36.7 Å². The van der Waals surface area contributed by atoms with Crippen LogP contribution in [0.25, 0.3) is 0 Å². The fourth-order valence-corrected chi connectivity index (χ4v) is 2.25. The molecule has 0 radical (unpaired) electrons. The summed E-state index contributed by atoms with van der Waals surface area (Å²) in [7, 11) is 1.91. The second-order valence-electron chi connectivity index (χ2n) is 3.51. The molecular weight excluding hydrogens is 291 g/mol. The Morgan fingerprint density at radius 3 is 2.72 bits per heavy atom. The summed E-state index contributed by atoms with van der Waals surface area (Å²) >= 11 is 7.43. The average Bonchev–Trinajstić information content (AvgIpc) is 2.77. The van der Waals surface area contributed by atoms with E-state index in [0.717, 1.165) is 23.0 Å². The molecule has 2 aromatic rings. The third-order valence-corrected chi connectivity index (χ3v) is 3.28. The molecular formula is C12H14Cl2N2OS. The zero-order valence-corrected chi connectivity index (χ0v) is 12.2. The first-order chi connectivity index (χ1) is 8.28. The number of thiazole rings is 1. The summed E-state index contributed by atoms with van der Waals surface area (Å²) in [6, 6.07) is 7.32. The Balaban J connectivity index is 0.00000162. The molecule has 0 unspecified atom stereocenters. The predicted octanol–water partition coefficient (Wildman–Crippen LogP) is 3.52. The van der Waals surface area contributed by atoms with Gasteiger partial charge in [0.2, 0.25) is 0 Å². The van der Waals surface area contributed by atoms with Crippen molar-refractivity contribution in [2.75, 3.05) is 7.05 Å². The van der Waals surface area contributed by atoms with Crippen LogP contribution in [0.1, 0.15) is 10.7 Å². The van der Waals surface area contributed by atoms with Gasteiger partial charge in [-0.05, 0) is 31.3 Å². The Morgan fingerprint density at radius 1 is 1.33 bits per heavy atom. The van der Waals surface area contributed by atoms with Gasteiger partial charge in [0.05, 0.1) is 5.69 Å². The smallest absolute Gasteiger partial charge is 0.131 e. The lowest BCUT2D eigenvalue weighted by molar-refractivity contribution is 0.302. The summed E-state index contributed by atoms with van der Waals surface area (Å²) in [4.78, 5) is 4.44. The molecule has 1 aromatic carbocycles. The van der Waals surface area contributed by atoms with Gasteiger partial charge in [-0.15, -0.1) is 23.7 Å². The molecule has 3 nitrogen and oxygen atoms in total. The third-order valence-electron chi connectivity index (χ3n) is 2.13. The maximum Gasteiger partial charge on any atom is 0.131 e. The van der Waals surface area contributed by atoms with Crippen molar-refractivity contribution >= 4 is 35.3 Å². The Bertz CT molecular complexity index is 473. The highest BCUT2D eigenvalue weighted by Crippen LogP contribution is 2.17. The largest absolute Gasteiger partial charge is 0.487 e. The topological polar surface area (TPSA) is 34.2 Å². The number of hydrogen-bond acceptors (Lipinski definition) is 4. The average molecular weight is 305 g/mol. The molecule has 98 valence electrons. The summed E-state index contributed by atoms with van der Waals surface area (Å²) in [5.41, 5.74) is 0.954. The lowest BCUT2D eigenvalue weighted by atomic mass is 10.3. The Labute approximate surface area is 122 Å². The van der Waals surface area contributed by atoms with Gasteiger partial charge in [-0.2, -0.15) is 0 Å². The van der Waals surface area contributed by atoms with Crippen molar-refractivity contribution in [3.05, 3.63) is 45.4 Å². The van der Waals surface area contributed by atoms with E-state index in [9.17, 15) is 0 Å². The number of ether oxygens (including phenoxy) is 1. The molecule has 1 aromatic heterocycles. The first-order valence-electron chi connectivity index (χ1n) is 5.24. The van der Waals surface area contributed by atoms with E-state index in [2.05, 4.69) is 10.3 Å². The van der Waals surface area contributed by atoms with E-state index in [1.54, 1.807) is 11.3 Å². The fourth-order valence-electron chi connectivity index (χ4n) is 1.34. The van der Waals surface area contributed by atoms with Crippen molar-refractivity contribution in [3.8, 4) is 5.75 Å². The second kappa shape index (κ2) is 7.59. The number of halogens is 2. The normalized spacial score (nSPS) is 9.89. The Morgan fingerprint density at radius 2 is 2.06 bits per heavy atom. The molecule has 2 rings (SSSR count). The van der Waals surface area contributed by atoms with Crippen LogP contribution in [0.4, 0.5) is 0 Å². The summed E-state index contributed by atoms with van der Waals surface area (Å²) in [6.07, 6.45) is 0. The molecule has 1 heterocycles. The van der Waals surface area contributed by atoms with Gasteiger partial charge in [-0.1, -0.05) is 11.6 Å². The van der Waals surface area contributed by atoms with Crippen molar-refractivity contribution in [2.45, 2.75) is 13.2 Å². The van der Waals surface area contributed by atoms with E-state index < -0.39 is 0 Å². The van der Waals surface area contributed by atoms with Gasteiger partial charge in [0, 0.05) is 16.9 Å². The van der Waals surface area contributed by atoms with Crippen LogP contribution in [-0.4, -0.2) is 12.0 Å². The van der Waals surface area contributed by atoms with E-state index in [1.165, 1.54) is 0 Å². The lowest BCUT2D eigenvalue weighted by Gasteiger charge is -2.03. The molecule has 0 saturated heterocycles. The van der Waals surface area contributed by atoms with Gasteiger partial charge in [-0.25, -0.2) is 4.98 Å². The van der Waals surface area contributed by atoms with E-state index >= 15 is 0 Å². The molecule has 0 aliphatic carbocycles. The van der Waals surface area contributed by atoms with Gasteiger partial charge in [0.15, 0.2) is 0 Å². The van der Waals surface area contributed by atoms with Crippen LogP contribution < -0.4 is 10.1 Å². The number of benzene rings is 1. The van der Waals surface area contributed by atoms with Crippen LogP contribution in [-0.2, 0) is 13.2 Å². The van der Waals surface area contributed by atoms with Gasteiger partial charge in [0.1, 0.15) is 17.4 Å². The fraction of sp³-hybridized carbons (Fsp3) is 0.250. The van der Waals surface area contributed by atoms with Crippen LogP contribution in [0.15, 0.2) is 29.6 Å². The minimum Gasteiger partial charge on any atom is -0.487 e. The predicted molar refractivity (Wildman–Crippen MR) is 77.9 cm³/mol. The number of aromatic nitrogens is 1. The first-order valence-corrected chi connectivity index (χ1v) is 6.50. The highest BCUT2D eigenvalue weighted by molar-refractivity contribution is 7.09. The van der Waals surface area contributed by atoms with Gasteiger partial charge in [0.25, 0.3) is 0 Å². The maximum atomic E-state index is 5.79. The molecule has 0 spiro atoms. The Hall–Kier alpha value is -0.810. The van der Waals surface area contributed by atoms with Crippen molar-refractivity contribution in [2.24, 2.45) is 0 Å². The summed E-state index contributed by atoms with van der Waals surface area (Å²) in [5.74, 6) is 0.803. The van der Waals surface area contributed by atoms with Crippen molar-refractivity contribution in [1.29, 1.82) is 0 Å². The highest BCUT2D eigenvalue weighted by atomic mass is 35.5.